The number of fused-ring (bicyclic) bond motifs is 9. The van der Waals surface area contributed by atoms with Crippen LogP contribution in [0.3, 0.4) is 0 Å². The van der Waals surface area contributed by atoms with Crippen molar-refractivity contribution in [3.63, 3.8) is 0 Å². The number of ether oxygens (including phenoxy) is 2. The van der Waals surface area contributed by atoms with Gasteiger partial charge in [-0.05, 0) is 301 Å². The number of hydrogen-bond donors (Lipinski definition) is 6. The van der Waals surface area contributed by atoms with Gasteiger partial charge < -0.3 is 45.1 Å². The first-order valence-electron chi connectivity index (χ1n) is 39.1. The average molecular weight is 1310 g/mol. The highest BCUT2D eigenvalue weighted by Gasteiger charge is 2.90. The summed E-state index contributed by atoms with van der Waals surface area (Å²) in [5.74, 6) is 7.18. The van der Waals surface area contributed by atoms with Crippen LogP contribution in [0.1, 0.15) is 198 Å². The fraction of sp³-hybridized carbons (Fsp3) is 0.655. The molecule has 0 aromatic heterocycles. The molecule has 28 atom stereocenters. The van der Waals surface area contributed by atoms with E-state index >= 15 is 20.1 Å². The van der Waals surface area contributed by atoms with Crippen molar-refractivity contribution in [3.05, 3.63) is 153 Å². The summed E-state index contributed by atoms with van der Waals surface area (Å²) < 4.78 is 15.0. The Labute approximate surface area is 574 Å². The molecule has 12 fully saturated rings. The van der Waals surface area contributed by atoms with Crippen LogP contribution in [-0.4, -0.2) is 92.1 Å². The molecule has 4 aromatic rings. The van der Waals surface area contributed by atoms with E-state index in [0.717, 1.165) is 125 Å². The monoisotopic (exact) mass is 1310 g/mol. The van der Waals surface area contributed by atoms with Crippen LogP contribution in [0.25, 0.3) is 0 Å². The van der Waals surface area contributed by atoms with Crippen LogP contribution in [0, 0.1) is 122 Å². The zero-order valence-electron chi connectivity index (χ0n) is 57.3. The summed E-state index contributed by atoms with van der Waals surface area (Å²) in [6.45, 7) is 2.33. The molecule has 10 nitrogen and oxygen atoms in total. The molecule has 27 bridgehead atoms. The highest BCUT2D eigenvalue weighted by molar-refractivity contribution is 5.86. The number of likely N-dealkylation sites (N-methyl/N-ethyl adjacent to an activating group) is 1. The van der Waals surface area contributed by atoms with Gasteiger partial charge in [-0.1, -0.05) is 104 Å². The second kappa shape index (κ2) is 21.6. The lowest BCUT2D eigenvalue weighted by Crippen LogP contribution is -2.88. The normalized spacial score (nSPS) is 49.5. The van der Waals surface area contributed by atoms with E-state index in [0.29, 0.717) is 75.0 Å². The van der Waals surface area contributed by atoms with Crippen LogP contribution in [0.5, 0.6) is 0 Å². The molecule has 0 amide bonds. The molecule has 16 aliphatic carbocycles. The highest BCUT2D eigenvalue weighted by Crippen LogP contribution is 2.86. The van der Waals surface area contributed by atoms with Crippen molar-refractivity contribution in [1.29, 1.82) is 0 Å². The number of carbonyl (C=O) groups excluding carboxylic acids is 2. The van der Waals surface area contributed by atoms with E-state index in [2.05, 4.69) is 103 Å². The number of aldehydes is 1. The van der Waals surface area contributed by atoms with Crippen molar-refractivity contribution in [1.82, 2.24) is 5.32 Å². The first-order chi connectivity index (χ1) is 47.0. The molecule has 3 heterocycles. The van der Waals surface area contributed by atoms with E-state index in [9.17, 15) is 15.0 Å². The minimum absolute atomic E-state index is 0.0726. The average Bonchev–Trinajstić information content (AvgIpc) is 1.61. The number of aliphatic hydroxyl groups is 5. The van der Waals surface area contributed by atoms with Crippen molar-refractivity contribution >= 4 is 12.3 Å². The van der Waals surface area contributed by atoms with E-state index < -0.39 is 74.3 Å². The van der Waals surface area contributed by atoms with Crippen LogP contribution >= 0.6 is 0 Å². The molecule has 4 aromatic carbocycles. The Kier molecular flexibility index (Phi) is 13.7. The molecular formula is C87H103NO9. The third kappa shape index (κ3) is 8.13. The van der Waals surface area contributed by atoms with Crippen LogP contribution in [0.2, 0.25) is 0 Å². The van der Waals surface area contributed by atoms with Gasteiger partial charge in [-0.15, -0.1) is 0 Å². The minimum atomic E-state index is -2.27. The van der Waals surface area contributed by atoms with Crippen molar-refractivity contribution in [2.24, 2.45) is 110 Å². The molecule has 23 rings (SSSR count). The third-order valence-electron chi connectivity index (χ3n) is 33.7. The molecule has 510 valence electrons. The van der Waals surface area contributed by atoms with Gasteiger partial charge in [0.15, 0.2) is 0 Å². The van der Waals surface area contributed by atoms with Crippen molar-refractivity contribution < 1.29 is 44.6 Å². The van der Waals surface area contributed by atoms with Gasteiger partial charge in [-0.25, -0.2) is 4.79 Å². The predicted molar refractivity (Wildman–Crippen MR) is 369 cm³/mol. The molecule has 97 heavy (non-hydrogen) atoms. The van der Waals surface area contributed by atoms with E-state index in [1.54, 1.807) is 6.08 Å². The summed E-state index contributed by atoms with van der Waals surface area (Å²) >= 11 is 0. The largest absolute Gasteiger partial charge is 0.454 e. The molecule has 0 radical (unpaired) electrons. The van der Waals surface area contributed by atoms with Gasteiger partial charge in [0.05, 0.1) is 35.9 Å². The van der Waals surface area contributed by atoms with Gasteiger partial charge >= 0.3 is 5.97 Å². The molecular weight excluding hydrogens is 1200 g/mol. The Bertz CT molecular complexity index is 4020. The maximum atomic E-state index is 16.5. The lowest BCUT2D eigenvalue weighted by Gasteiger charge is -2.78. The molecule has 11 saturated carbocycles. The van der Waals surface area contributed by atoms with Gasteiger partial charge in [-0.3, -0.25) is 0 Å². The van der Waals surface area contributed by atoms with Crippen molar-refractivity contribution in [2.45, 2.75) is 234 Å². The Balaban J connectivity index is 0.837. The maximum Gasteiger partial charge on any atom is 0.331 e. The quantitative estimate of drug-likeness (QED) is 0.0661. The molecule has 3 aliphatic heterocycles. The Morgan fingerprint density at radius 1 is 0.670 bits per heavy atom. The third-order valence-corrected chi connectivity index (χ3v) is 33.7. The van der Waals surface area contributed by atoms with E-state index in [1.807, 2.05) is 19.2 Å². The van der Waals surface area contributed by atoms with Crippen LogP contribution in [-0.2, 0) is 57.8 Å². The van der Waals surface area contributed by atoms with Crippen LogP contribution in [0.15, 0.2) is 103 Å². The van der Waals surface area contributed by atoms with Crippen molar-refractivity contribution in [2.75, 3.05) is 7.05 Å². The lowest BCUT2D eigenvalue weighted by molar-refractivity contribution is -0.405. The van der Waals surface area contributed by atoms with Crippen molar-refractivity contribution in [3.8, 4) is 11.8 Å². The topological polar surface area (TPSA) is 166 Å². The number of hydrogen-bond acceptors (Lipinski definition) is 10. The number of nitrogens with one attached hydrogen (secondary N) is 1. The van der Waals surface area contributed by atoms with Gasteiger partial charge in [0.25, 0.3) is 0 Å². The number of esters is 1. The van der Waals surface area contributed by atoms with E-state index in [4.69, 9.17) is 9.47 Å². The number of carbonyl (C=O) groups is 2. The fourth-order valence-corrected chi connectivity index (χ4v) is 30.3. The first kappa shape index (κ1) is 61.9. The summed E-state index contributed by atoms with van der Waals surface area (Å²) in [7, 11) is 1.98. The SMILES string of the molecule is CN[C@@H]1Cc2c(cccc2CO)C#C[C@]23CC[C@H](Cc4cccc(c4)Cc4cccc(c4)[C@H]4CC[C@@]56CC[C@H]7[C@@H]8Cc9cccc(c9)C[C@@H]9CC[C@@H](C9)[C@@H](C)[C@H]9CC[C@H]%10[C@@H](O8)[C@]5(C[C@]5(C=O)[C@H]8CC[C@]%11(C2)[C@H]2C%12=CC(=O)O[C@@H]%12[C@@H]1C[C@@H]2C[C@]%11(O)[C@]8(O)[C@H](O)[C@@H](C9)[C@]%105O)[C@H]7C[C@@H]6C4)C3. The molecule has 0 unspecified atom stereocenters. The minimum Gasteiger partial charge on any atom is -0.454 e. The van der Waals surface area contributed by atoms with Gasteiger partial charge in [0, 0.05) is 57.6 Å². The number of rotatable bonds is 3. The van der Waals surface area contributed by atoms with E-state index in [-0.39, 0.29) is 84.1 Å². The zero-order valence-corrected chi connectivity index (χ0v) is 57.3. The lowest BCUT2D eigenvalue weighted by atomic mass is 9.29. The molecule has 1 saturated heterocycles. The smallest absolute Gasteiger partial charge is 0.331 e. The maximum absolute atomic E-state index is 16.5. The Morgan fingerprint density at radius 3 is 2.24 bits per heavy atom. The van der Waals surface area contributed by atoms with Crippen LogP contribution < -0.4 is 5.32 Å². The van der Waals surface area contributed by atoms with Crippen LogP contribution in [0.4, 0.5) is 0 Å². The summed E-state index contributed by atoms with van der Waals surface area (Å²) in [5, 5.41) is 77.4. The predicted octanol–water partition coefficient (Wildman–Crippen LogP) is 12.7. The molecule has 6 N–H and O–H groups in total. The molecule has 4 spiro atoms. The highest BCUT2D eigenvalue weighted by atomic mass is 16.5. The summed E-state index contributed by atoms with van der Waals surface area (Å²) in [5.41, 5.74) is 1.66. The zero-order chi connectivity index (χ0) is 65.5. The summed E-state index contributed by atoms with van der Waals surface area (Å²) in [4.78, 5) is 31.0. The number of benzene rings is 4. The number of aliphatic hydroxyl groups excluding tert-OH is 2. The molecule has 10 heteroatoms. The fourth-order valence-electron chi connectivity index (χ4n) is 30.3. The first-order valence-corrected chi connectivity index (χ1v) is 39.1. The standard InChI is InChI=1S/C87H103NO9/c1-49-58-16-15-55(34-58)32-51-8-4-10-54(31-51)36-73-65-22-27-81-26-21-61-37-64(81)40-70(65)84(81)47-83(48-90)74-23-28-82-46-80(24-19-56(43-80)33-52-9-3-7-50(29-52)30-53-11-5-13-60(61)35-53)25-20-57-12-6-14-62(45-89)66(57)41-72(88-2)67-38-63(76(82)68-42-75(91)97-77(67)68)44-85(82,93)87(74,95)78(92)71-39-59(49)17-18-69(79(84)96-73)86(71,83)94/h3-14,29,31,35,42,48-49,55-56,58-59,61,63-65,67,69-74,76-79,88-89,92-95H,15-19,21-24,26-28,30,32-34,36-41,43-47H2,1-2H3/t49-,55+,56-,58+,59+,61+,63-,64+,65-,67-,69+,70+,71-,72-,73+,74-,76-,77-,78-,79-,80+,81+,82+,83+,84+,85-,86-,87-/m1/s1. The van der Waals surface area contributed by atoms with Gasteiger partial charge in [0.1, 0.15) is 23.6 Å². The second-order valence-electron chi connectivity index (χ2n) is 36.7. The van der Waals surface area contributed by atoms with Gasteiger partial charge in [-0.2, -0.15) is 0 Å². The summed E-state index contributed by atoms with van der Waals surface area (Å²) in [6.07, 6.45) is 21.0. The second-order valence-corrected chi connectivity index (χ2v) is 36.7. The van der Waals surface area contributed by atoms with Gasteiger partial charge in [0.2, 0.25) is 0 Å². The Hall–Kier alpha value is -4.96. The van der Waals surface area contributed by atoms with E-state index in [1.165, 1.54) is 46.1 Å². The Morgan fingerprint density at radius 2 is 1.41 bits per heavy atom. The summed E-state index contributed by atoms with van der Waals surface area (Å²) in [6, 6.07) is 34.3. The molecule has 19 aliphatic rings.